The first-order chi connectivity index (χ1) is 19.2. The van der Waals surface area contributed by atoms with Crippen LogP contribution >= 0.6 is 31.9 Å². The van der Waals surface area contributed by atoms with E-state index >= 15 is 0 Å². The third-order valence-electron chi connectivity index (χ3n) is 5.89. The van der Waals surface area contributed by atoms with Crippen LogP contribution in [0.1, 0.15) is 21.5 Å². The lowest BCUT2D eigenvalue weighted by molar-refractivity contribution is -0.384. The summed E-state index contributed by atoms with van der Waals surface area (Å²) in [5, 5.41) is 15.8. The van der Waals surface area contributed by atoms with E-state index in [0.717, 1.165) is 5.56 Å². The molecule has 0 saturated carbocycles. The number of fused-ring (bicyclic) bond motifs is 1. The van der Waals surface area contributed by atoms with Crippen LogP contribution in [0.3, 0.4) is 0 Å². The van der Waals surface area contributed by atoms with Crippen molar-refractivity contribution in [2.75, 3.05) is 0 Å². The van der Waals surface area contributed by atoms with Gasteiger partial charge in [0.05, 0.1) is 32.1 Å². The van der Waals surface area contributed by atoms with Gasteiger partial charge in [-0.3, -0.25) is 14.9 Å². The lowest BCUT2D eigenvalue weighted by Gasteiger charge is -2.12. The van der Waals surface area contributed by atoms with E-state index in [-0.39, 0.29) is 22.6 Å². The van der Waals surface area contributed by atoms with Crippen LogP contribution in [0.15, 0.2) is 104 Å². The zero-order valence-electron chi connectivity index (χ0n) is 20.7. The number of halogens is 2. The normalized spacial score (nSPS) is 11.2. The lowest BCUT2D eigenvalue weighted by atomic mass is 10.1. The zero-order chi connectivity index (χ0) is 28.4. The molecule has 1 heterocycles. The van der Waals surface area contributed by atoms with Gasteiger partial charge in [0.1, 0.15) is 0 Å². The molecule has 0 atom stereocenters. The van der Waals surface area contributed by atoms with Crippen LogP contribution in [0.25, 0.3) is 22.3 Å². The highest BCUT2D eigenvalue weighted by Gasteiger charge is 2.18. The summed E-state index contributed by atoms with van der Waals surface area (Å²) in [7, 11) is 0. The van der Waals surface area contributed by atoms with E-state index in [2.05, 4.69) is 37.0 Å². The molecular weight excluding hydrogens is 644 g/mol. The molecule has 0 unspecified atom stereocenters. The van der Waals surface area contributed by atoms with Crippen molar-refractivity contribution in [1.82, 2.24) is 9.66 Å². The molecule has 0 spiro atoms. The van der Waals surface area contributed by atoms with Gasteiger partial charge in [0.2, 0.25) is 0 Å². The molecule has 5 rings (SSSR count). The smallest absolute Gasteiger partial charge is 0.343 e. The van der Waals surface area contributed by atoms with Crippen molar-refractivity contribution in [1.29, 1.82) is 0 Å². The molecule has 0 N–H and O–H groups in total. The Balaban J connectivity index is 1.59. The number of para-hydroxylation sites is 1. The summed E-state index contributed by atoms with van der Waals surface area (Å²) in [5.74, 6) is -0.228. The Labute approximate surface area is 244 Å². The second-order valence-corrected chi connectivity index (χ2v) is 10.5. The van der Waals surface area contributed by atoms with Crippen molar-refractivity contribution in [2.45, 2.75) is 6.92 Å². The summed E-state index contributed by atoms with van der Waals surface area (Å²) in [5.41, 5.74) is 2.24. The van der Waals surface area contributed by atoms with E-state index in [1.165, 1.54) is 35.2 Å². The molecule has 0 radical (unpaired) electrons. The largest absolute Gasteiger partial charge is 0.421 e. The van der Waals surface area contributed by atoms with Crippen molar-refractivity contribution >= 4 is 60.6 Å². The topological polar surface area (TPSA) is 117 Å². The fourth-order valence-corrected chi connectivity index (χ4v) is 5.32. The Bertz CT molecular complexity index is 1890. The molecule has 40 heavy (non-hydrogen) atoms. The molecule has 198 valence electrons. The number of carbonyl (C=O) groups is 1. The fourth-order valence-electron chi connectivity index (χ4n) is 3.98. The average Bonchev–Trinajstić information content (AvgIpc) is 2.94. The second kappa shape index (κ2) is 11.3. The van der Waals surface area contributed by atoms with Crippen molar-refractivity contribution in [3.05, 3.63) is 131 Å². The first kappa shape index (κ1) is 27.1. The summed E-state index contributed by atoms with van der Waals surface area (Å²) < 4.78 is 7.99. The standard InChI is InChI=1S/C29H18Br2N4O5/c1-17-5-4-6-19(13-17)27-33-25-8-3-2-7-23(25)28(36)34(27)32-16-20-14-21(30)15-24(31)26(20)40-29(37)18-9-11-22(12-10-18)35(38)39/h2-16H,1H3. The maximum atomic E-state index is 13.5. The Kier molecular flexibility index (Phi) is 7.67. The number of ether oxygens (including phenoxy) is 1. The lowest BCUT2D eigenvalue weighted by Crippen LogP contribution is -2.20. The molecule has 0 aliphatic heterocycles. The molecule has 4 aromatic carbocycles. The number of aryl methyl sites for hydroxylation is 1. The molecule has 0 aliphatic rings. The minimum atomic E-state index is -0.724. The van der Waals surface area contributed by atoms with E-state index < -0.39 is 10.9 Å². The molecular formula is C29H18Br2N4O5. The Hall–Kier alpha value is -4.48. The van der Waals surface area contributed by atoms with Crippen LogP contribution in [0.5, 0.6) is 5.75 Å². The van der Waals surface area contributed by atoms with Gasteiger partial charge in [-0.25, -0.2) is 9.78 Å². The number of aromatic nitrogens is 2. The van der Waals surface area contributed by atoms with Gasteiger partial charge < -0.3 is 4.74 Å². The maximum absolute atomic E-state index is 13.5. The van der Waals surface area contributed by atoms with Crippen LogP contribution in [-0.4, -0.2) is 26.8 Å². The fraction of sp³-hybridized carbons (Fsp3) is 0.0345. The van der Waals surface area contributed by atoms with Gasteiger partial charge in [0.15, 0.2) is 11.6 Å². The van der Waals surface area contributed by atoms with Crippen LogP contribution in [0.2, 0.25) is 0 Å². The molecule has 1 aromatic heterocycles. The van der Waals surface area contributed by atoms with E-state index in [9.17, 15) is 19.7 Å². The van der Waals surface area contributed by atoms with Gasteiger partial charge in [0, 0.05) is 27.7 Å². The van der Waals surface area contributed by atoms with E-state index in [4.69, 9.17) is 9.72 Å². The van der Waals surface area contributed by atoms with Crippen LogP contribution < -0.4 is 10.3 Å². The predicted molar refractivity (Wildman–Crippen MR) is 159 cm³/mol. The van der Waals surface area contributed by atoms with Gasteiger partial charge in [-0.15, -0.1) is 0 Å². The summed E-state index contributed by atoms with van der Waals surface area (Å²) in [6, 6.07) is 23.1. The van der Waals surface area contributed by atoms with E-state index in [0.29, 0.717) is 36.8 Å². The number of nitrogens with zero attached hydrogens (tertiary/aromatic N) is 4. The number of esters is 1. The highest BCUT2D eigenvalue weighted by molar-refractivity contribution is 9.11. The first-order valence-electron chi connectivity index (χ1n) is 11.8. The van der Waals surface area contributed by atoms with Crippen LogP contribution in [0, 0.1) is 17.0 Å². The monoisotopic (exact) mass is 660 g/mol. The molecule has 0 amide bonds. The highest BCUT2D eigenvalue weighted by atomic mass is 79.9. The Morgan fingerprint density at radius 2 is 1.77 bits per heavy atom. The highest BCUT2D eigenvalue weighted by Crippen LogP contribution is 2.33. The summed E-state index contributed by atoms with van der Waals surface area (Å²) in [4.78, 5) is 41.6. The second-order valence-electron chi connectivity index (χ2n) is 8.68. The molecule has 0 fully saturated rings. The van der Waals surface area contributed by atoms with Crippen LogP contribution in [-0.2, 0) is 0 Å². The molecule has 9 nitrogen and oxygen atoms in total. The van der Waals surface area contributed by atoms with Gasteiger partial charge in [-0.2, -0.15) is 9.78 Å². The minimum Gasteiger partial charge on any atom is -0.421 e. The summed E-state index contributed by atoms with van der Waals surface area (Å²) >= 11 is 6.86. The number of nitro groups is 1. The average molecular weight is 662 g/mol. The van der Waals surface area contributed by atoms with Gasteiger partial charge >= 0.3 is 5.97 Å². The molecule has 0 saturated heterocycles. The zero-order valence-corrected chi connectivity index (χ0v) is 23.9. The molecule has 0 bridgehead atoms. The molecule has 5 aromatic rings. The Morgan fingerprint density at radius 1 is 1.02 bits per heavy atom. The third-order valence-corrected chi connectivity index (χ3v) is 6.93. The number of hydrogen-bond donors (Lipinski definition) is 0. The van der Waals surface area contributed by atoms with Gasteiger partial charge in [-0.1, -0.05) is 51.8 Å². The van der Waals surface area contributed by atoms with E-state index in [1.807, 2.05) is 37.3 Å². The molecule has 11 heteroatoms. The van der Waals surface area contributed by atoms with Crippen molar-refractivity contribution in [3.63, 3.8) is 0 Å². The van der Waals surface area contributed by atoms with Gasteiger partial charge in [0.25, 0.3) is 11.2 Å². The Morgan fingerprint density at radius 3 is 2.50 bits per heavy atom. The predicted octanol–water partition coefficient (Wildman–Crippen LogP) is 6.91. The number of non-ortho nitro benzene ring substituents is 1. The number of benzene rings is 4. The quantitative estimate of drug-likeness (QED) is 0.0642. The number of carbonyl (C=O) groups excluding carboxylic acids is 1. The first-order valence-corrected chi connectivity index (χ1v) is 13.4. The third kappa shape index (κ3) is 5.61. The minimum absolute atomic E-state index is 0.125. The maximum Gasteiger partial charge on any atom is 0.343 e. The summed E-state index contributed by atoms with van der Waals surface area (Å²) in [6.07, 6.45) is 1.41. The number of rotatable bonds is 6. The van der Waals surface area contributed by atoms with Crippen LogP contribution in [0.4, 0.5) is 5.69 Å². The number of hydrogen-bond acceptors (Lipinski definition) is 7. The van der Waals surface area contributed by atoms with Gasteiger partial charge in [-0.05, 0) is 65.3 Å². The summed E-state index contributed by atoms with van der Waals surface area (Å²) in [6.45, 7) is 1.95. The van der Waals surface area contributed by atoms with Crippen molar-refractivity contribution in [2.24, 2.45) is 5.10 Å². The SMILES string of the molecule is Cc1cccc(-c2nc3ccccc3c(=O)n2N=Cc2cc(Br)cc(Br)c2OC(=O)c2ccc([N+](=O)[O-])cc2)c1. The van der Waals surface area contributed by atoms with E-state index in [1.54, 1.807) is 30.3 Å². The van der Waals surface area contributed by atoms with Crippen molar-refractivity contribution < 1.29 is 14.5 Å². The number of nitro benzene ring substituents is 1. The van der Waals surface area contributed by atoms with Crippen molar-refractivity contribution in [3.8, 4) is 17.1 Å². The molecule has 0 aliphatic carbocycles.